The van der Waals surface area contributed by atoms with Crippen LogP contribution in [0, 0.1) is 0 Å². The van der Waals surface area contributed by atoms with Crippen molar-refractivity contribution < 1.29 is 32.9 Å². The maximum Gasteiger partial charge on any atom is 0.268 e. The summed E-state index contributed by atoms with van der Waals surface area (Å²) < 4.78 is 23.0. The van der Waals surface area contributed by atoms with E-state index in [2.05, 4.69) is 104 Å². The first-order chi connectivity index (χ1) is 24.5. The third-order valence-electron chi connectivity index (χ3n) is 7.90. The molecule has 8 nitrogen and oxygen atoms in total. The topological polar surface area (TPSA) is 108 Å². The molecule has 0 aromatic heterocycles. The Morgan fingerprint density at radius 1 is 0.706 bits per heavy atom. The van der Waals surface area contributed by atoms with Gasteiger partial charge < -0.3 is 28.8 Å². The number of phosphoric acid groups is 1. The predicted molar refractivity (Wildman–Crippen MR) is 214 cm³/mol. The molecule has 0 saturated heterocycles. The van der Waals surface area contributed by atoms with Gasteiger partial charge in [0.2, 0.25) is 5.91 Å². The quantitative estimate of drug-likeness (QED) is 0.0301. The first-order valence-corrected chi connectivity index (χ1v) is 20.9. The minimum Gasteiger partial charge on any atom is -0.756 e. The highest BCUT2D eigenvalue weighted by molar-refractivity contribution is 7.45. The highest BCUT2D eigenvalue weighted by Gasteiger charge is 2.24. The van der Waals surface area contributed by atoms with Gasteiger partial charge in [0.15, 0.2) is 0 Å². The fourth-order valence-electron chi connectivity index (χ4n) is 4.79. The van der Waals surface area contributed by atoms with Gasteiger partial charge in [-0.2, -0.15) is 0 Å². The number of amides is 1. The van der Waals surface area contributed by atoms with Crippen LogP contribution >= 0.6 is 7.82 Å². The molecule has 0 fully saturated rings. The van der Waals surface area contributed by atoms with Crippen molar-refractivity contribution in [1.29, 1.82) is 0 Å². The monoisotopic (exact) mass is 733 g/mol. The Balaban J connectivity index is 4.39. The van der Waals surface area contributed by atoms with Crippen molar-refractivity contribution in [2.75, 3.05) is 40.9 Å². The molecule has 9 heteroatoms. The molecule has 0 aliphatic carbocycles. The molecule has 0 aliphatic rings. The Morgan fingerprint density at radius 2 is 1.18 bits per heavy atom. The van der Waals surface area contributed by atoms with Gasteiger partial charge >= 0.3 is 0 Å². The van der Waals surface area contributed by atoms with Crippen LogP contribution in [0.15, 0.2) is 85.1 Å². The molecule has 2 N–H and O–H groups in total. The Labute approximate surface area is 312 Å². The third-order valence-corrected chi connectivity index (χ3v) is 8.86. The van der Waals surface area contributed by atoms with E-state index in [1.807, 2.05) is 21.1 Å². The van der Waals surface area contributed by atoms with Gasteiger partial charge in [-0.15, -0.1) is 0 Å². The molecular weight excluding hydrogens is 659 g/mol. The summed E-state index contributed by atoms with van der Waals surface area (Å²) in [6, 6.07) is -0.832. The van der Waals surface area contributed by atoms with E-state index >= 15 is 0 Å². The predicted octanol–water partition coefficient (Wildman–Crippen LogP) is 9.60. The first kappa shape index (κ1) is 48.7. The minimum absolute atomic E-state index is 0.00473. The molecule has 0 rings (SSSR count). The normalized spacial score (nSPS) is 15.5. The molecule has 51 heavy (non-hydrogen) atoms. The molecule has 0 spiro atoms. The molecule has 0 heterocycles. The Bertz CT molecular complexity index is 1100. The van der Waals surface area contributed by atoms with E-state index in [0.717, 1.165) is 77.0 Å². The fourth-order valence-corrected chi connectivity index (χ4v) is 5.51. The fraction of sp³-hybridized carbons (Fsp3) is 0.643. The van der Waals surface area contributed by atoms with Gasteiger partial charge in [-0.05, 0) is 64.2 Å². The van der Waals surface area contributed by atoms with Gasteiger partial charge in [-0.1, -0.05) is 137 Å². The molecule has 0 aromatic rings. The van der Waals surface area contributed by atoms with Crippen LogP contribution in [-0.2, 0) is 18.4 Å². The number of phosphoric ester groups is 1. The number of aliphatic hydroxyl groups is 1. The molecule has 1 amide bonds. The average molecular weight is 733 g/mol. The summed E-state index contributed by atoms with van der Waals surface area (Å²) in [6.45, 7) is 4.44. The number of likely N-dealkylation sites (N-methyl/N-ethyl adjacent to an activating group) is 1. The zero-order valence-electron chi connectivity index (χ0n) is 32.8. The summed E-state index contributed by atoms with van der Waals surface area (Å²) in [7, 11) is 1.24. The second kappa shape index (κ2) is 33.5. The van der Waals surface area contributed by atoms with Gasteiger partial charge in [-0.3, -0.25) is 9.36 Å². The van der Waals surface area contributed by atoms with Crippen molar-refractivity contribution in [1.82, 2.24) is 5.32 Å². The number of aliphatic hydroxyl groups excluding tert-OH is 1. The third kappa shape index (κ3) is 35.9. The van der Waals surface area contributed by atoms with Gasteiger partial charge in [0.25, 0.3) is 7.82 Å². The Morgan fingerprint density at radius 3 is 1.67 bits per heavy atom. The van der Waals surface area contributed by atoms with Crippen molar-refractivity contribution in [2.45, 2.75) is 135 Å². The molecule has 292 valence electrons. The lowest BCUT2D eigenvalue weighted by Gasteiger charge is -2.30. The van der Waals surface area contributed by atoms with Gasteiger partial charge in [0.05, 0.1) is 39.9 Å². The lowest BCUT2D eigenvalue weighted by Crippen LogP contribution is -2.46. The van der Waals surface area contributed by atoms with Crippen LogP contribution < -0.4 is 10.2 Å². The highest BCUT2D eigenvalue weighted by Crippen LogP contribution is 2.38. The number of nitrogens with one attached hydrogen (secondary N) is 1. The summed E-state index contributed by atoms with van der Waals surface area (Å²) >= 11 is 0. The maximum absolute atomic E-state index is 12.7. The van der Waals surface area contributed by atoms with Crippen molar-refractivity contribution in [3.63, 3.8) is 0 Å². The second-order valence-electron chi connectivity index (χ2n) is 13.9. The van der Waals surface area contributed by atoms with Crippen LogP contribution in [0.5, 0.6) is 0 Å². The SMILES string of the molecule is CC/C=C\C/C=C\C/C=C\C/C=C\C/C=C\C/C=C\C/C=C\CCCC(=O)NC(COP(=O)([O-])OCC[N+](C)(C)C)C(O)CCCCCCCC. The van der Waals surface area contributed by atoms with E-state index in [4.69, 9.17) is 9.05 Å². The minimum atomic E-state index is -4.57. The average Bonchev–Trinajstić information content (AvgIpc) is 3.07. The number of carbonyl (C=O) groups is 1. The number of allylic oxidation sites excluding steroid dienone is 14. The number of hydrogen-bond donors (Lipinski definition) is 2. The molecule has 0 aromatic carbocycles. The summed E-state index contributed by atoms with van der Waals surface area (Å²) in [6.07, 6.45) is 44.8. The summed E-state index contributed by atoms with van der Waals surface area (Å²) in [4.78, 5) is 25.1. The lowest BCUT2D eigenvalue weighted by molar-refractivity contribution is -0.870. The number of carbonyl (C=O) groups excluding carboxylic acids is 1. The summed E-state index contributed by atoms with van der Waals surface area (Å²) in [5.74, 6) is -0.234. The second-order valence-corrected chi connectivity index (χ2v) is 15.3. The molecule has 0 aliphatic heterocycles. The van der Waals surface area contributed by atoms with Crippen molar-refractivity contribution in [3.05, 3.63) is 85.1 Å². The maximum atomic E-state index is 12.7. The van der Waals surface area contributed by atoms with Crippen molar-refractivity contribution >= 4 is 13.7 Å². The van der Waals surface area contributed by atoms with Crippen LogP contribution in [0.2, 0.25) is 0 Å². The molecule has 0 radical (unpaired) electrons. The highest BCUT2D eigenvalue weighted by atomic mass is 31.2. The van der Waals surface area contributed by atoms with Gasteiger partial charge in [0.1, 0.15) is 13.2 Å². The van der Waals surface area contributed by atoms with Gasteiger partial charge in [-0.25, -0.2) is 0 Å². The number of hydrogen-bond acceptors (Lipinski definition) is 6. The van der Waals surface area contributed by atoms with Crippen LogP contribution in [0.4, 0.5) is 0 Å². The standard InChI is InChI=1S/C42H73N2O6P/c1-6-8-10-12-14-15-16-17-18-19-20-21-22-23-24-25-26-27-28-29-30-32-34-36-42(46)43-40(41(45)35-33-31-13-11-9-7-2)39-50-51(47,48)49-38-37-44(3,4)5/h8,10,14-15,17-18,20-21,23-24,26-27,29-30,40-41,45H,6-7,9,11-13,16,19,22,25,28,31-39H2,1-5H3,(H-,43,46,47,48)/b10-8-,15-14-,18-17-,21-20-,24-23-,27-26-,30-29-. The van der Waals surface area contributed by atoms with Gasteiger partial charge in [0, 0.05) is 6.42 Å². The van der Waals surface area contributed by atoms with Crippen LogP contribution in [0.1, 0.15) is 123 Å². The van der Waals surface area contributed by atoms with E-state index in [1.165, 1.54) is 12.8 Å². The van der Waals surface area contributed by atoms with Crippen molar-refractivity contribution in [3.8, 4) is 0 Å². The molecular formula is C42H73N2O6P. The molecule has 3 unspecified atom stereocenters. The van der Waals surface area contributed by atoms with E-state index < -0.39 is 20.0 Å². The van der Waals surface area contributed by atoms with Crippen molar-refractivity contribution in [2.24, 2.45) is 0 Å². The van der Waals surface area contributed by atoms with E-state index in [1.54, 1.807) is 0 Å². The number of unbranched alkanes of at least 4 members (excludes halogenated alkanes) is 6. The van der Waals surface area contributed by atoms with E-state index in [0.29, 0.717) is 23.9 Å². The number of rotatable bonds is 33. The molecule has 3 atom stereocenters. The van der Waals surface area contributed by atoms with Crippen LogP contribution in [0.25, 0.3) is 0 Å². The van der Waals surface area contributed by atoms with E-state index in [9.17, 15) is 19.4 Å². The smallest absolute Gasteiger partial charge is 0.268 e. The number of quaternary nitrogens is 1. The lowest BCUT2D eigenvalue weighted by atomic mass is 10.0. The summed E-state index contributed by atoms with van der Waals surface area (Å²) in [5.41, 5.74) is 0. The largest absolute Gasteiger partial charge is 0.756 e. The molecule has 0 bridgehead atoms. The van der Waals surface area contributed by atoms with Crippen LogP contribution in [-0.4, -0.2) is 68.5 Å². The zero-order chi connectivity index (χ0) is 37.9. The Kier molecular flexibility index (Phi) is 32.0. The molecule has 0 saturated carbocycles. The summed E-state index contributed by atoms with van der Waals surface area (Å²) in [5, 5.41) is 13.6. The van der Waals surface area contributed by atoms with E-state index in [-0.39, 0.29) is 25.5 Å². The van der Waals surface area contributed by atoms with Crippen LogP contribution in [0.3, 0.4) is 0 Å². The number of nitrogens with zero attached hydrogens (tertiary/aromatic N) is 1. The zero-order valence-corrected chi connectivity index (χ0v) is 33.7. The Hall–Kier alpha value is -2.32. The first-order valence-electron chi connectivity index (χ1n) is 19.4.